The number of carbonyl (C=O) groups excluding carboxylic acids is 1. The van der Waals surface area contributed by atoms with Crippen molar-refractivity contribution in [2.24, 2.45) is 4.99 Å². The van der Waals surface area contributed by atoms with Crippen LogP contribution < -0.4 is 24.4 Å². The lowest BCUT2D eigenvalue weighted by Gasteiger charge is -2.26. The van der Waals surface area contributed by atoms with Gasteiger partial charge in [0.05, 0.1) is 36.6 Å². The van der Waals surface area contributed by atoms with Crippen molar-refractivity contribution < 1.29 is 19.0 Å². The topological polar surface area (TPSA) is 79.1 Å². The quantitative estimate of drug-likeness (QED) is 0.333. The SMILES string of the molecule is CCCOc1c(OC)cccc1[C@H]1C(C(=O)OC)=C(C)N=c2s/c(=C/c3cccc4ccccc34)c(=O)n21. The van der Waals surface area contributed by atoms with E-state index in [1.54, 1.807) is 24.7 Å². The lowest BCUT2D eigenvalue weighted by Crippen LogP contribution is -2.40. The van der Waals surface area contributed by atoms with Gasteiger partial charge in [-0.2, -0.15) is 0 Å². The Morgan fingerprint density at radius 3 is 2.61 bits per heavy atom. The molecule has 0 amide bonds. The molecule has 1 aliphatic heterocycles. The zero-order chi connectivity index (χ0) is 26.8. The third-order valence-electron chi connectivity index (χ3n) is 6.51. The van der Waals surface area contributed by atoms with Crippen molar-refractivity contribution in [2.75, 3.05) is 20.8 Å². The number of carbonyl (C=O) groups is 1. The first-order chi connectivity index (χ1) is 18.5. The number of nitrogens with zero attached hydrogens (tertiary/aromatic N) is 2. The number of thiazole rings is 1. The smallest absolute Gasteiger partial charge is 0.338 e. The Balaban J connectivity index is 1.79. The van der Waals surface area contributed by atoms with Gasteiger partial charge in [0.1, 0.15) is 6.04 Å². The summed E-state index contributed by atoms with van der Waals surface area (Å²) in [5, 5.41) is 2.14. The van der Waals surface area contributed by atoms with Gasteiger partial charge < -0.3 is 14.2 Å². The molecule has 0 bridgehead atoms. The highest BCUT2D eigenvalue weighted by atomic mass is 32.1. The number of hydrogen-bond donors (Lipinski definition) is 0. The molecule has 194 valence electrons. The molecule has 0 saturated carbocycles. The Bertz CT molecular complexity index is 1740. The number of ether oxygens (including phenoxy) is 3. The van der Waals surface area contributed by atoms with E-state index in [4.69, 9.17) is 14.2 Å². The summed E-state index contributed by atoms with van der Waals surface area (Å²) in [6, 6.07) is 18.7. The zero-order valence-electron chi connectivity index (χ0n) is 21.7. The van der Waals surface area contributed by atoms with Gasteiger partial charge in [-0.15, -0.1) is 0 Å². The summed E-state index contributed by atoms with van der Waals surface area (Å²) in [7, 11) is 2.89. The van der Waals surface area contributed by atoms with Gasteiger partial charge in [-0.3, -0.25) is 9.36 Å². The highest BCUT2D eigenvalue weighted by molar-refractivity contribution is 7.07. The van der Waals surface area contributed by atoms with Crippen LogP contribution in [0.2, 0.25) is 0 Å². The van der Waals surface area contributed by atoms with E-state index in [0.29, 0.717) is 38.7 Å². The van der Waals surface area contributed by atoms with Crippen LogP contribution in [0.4, 0.5) is 0 Å². The van der Waals surface area contributed by atoms with Crippen molar-refractivity contribution in [1.82, 2.24) is 4.57 Å². The van der Waals surface area contributed by atoms with E-state index in [1.165, 1.54) is 18.4 Å². The van der Waals surface area contributed by atoms with E-state index in [9.17, 15) is 9.59 Å². The van der Waals surface area contributed by atoms with E-state index < -0.39 is 12.0 Å². The first-order valence-electron chi connectivity index (χ1n) is 12.4. The number of allylic oxidation sites excluding steroid dienone is 1. The van der Waals surface area contributed by atoms with Gasteiger partial charge in [-0.05, 0) is 41.8 Å². The molecule has 5 rings (SSSR count). The van der Waals surface area contributed by atoms with Gasteiger partial charge in [0.25, 0.3) is 5.56 Å². The Morgan fingerprint density at radius 2 is 1.84 bits per heavy atom. The molecule has 0 N–H and O–H groups in total. The second kappa shape index (κ2) is 10.7. The second-order valence-corrected chi connectivity index (χ2v) is 9.88. The number of hydrogen-bond acceptors (Lipinski definition) is 7. The average molecular weight is 529 g/mol. The number of aromatic nitrogens is 1. The van der Waals surface area contributed by atoms with Gasteiger partial charge >= 0.3 is 5.97 Å². The largest absolute Gasteiger partial charge is 0.493 e. The summed E-state index contributed by atoms with van der Waals surface area (Å²) in [5.41, 5.74) is 2.09. The van der Waals surface area contributed by atoms with Gasteiger partial charge in [-0.25, -0.2) is 9.79 Å². The molecule has 4 aromatic rings. The predicted molar refractivity (Wildman–Crippen MR) is 149 cm³/mol. The third kappa shape index (κ3) is 4.41. The molecular weight excluding hydrogens is 500 g/mol. The molecule has 1 aromatic heterocycles. The van der Waals surface area contributed by atoms with Crippen LogP contribution in [0.15, 0.2) is 81.7 Å². The van der Waals surface area contributed by atoms with Crippen molar-refractivity contribution in [1.29, 1.82) is 0 Å². The minimum Gasteiger partial charge on any atom is -0.493 e. The van der Waals surface area contributed by atoms with E-state index in [1.807, 2.05) is 67.6 Å². The monoisotopic (exact) mass is 528 g/mol. The van der Waals surface area contributed by atoms with E-state index in [2.05, 4.69) is 4.99 Å². The van der Waals surface area contributed by atoms with Crippen LogP contribution in [0.5, 0.6) is 11.5 Å². The van der Waals surface area contributed by atoms with Crippen molar-refractivity contribution in [3.05, 3.63) is 103 Å². The summed E-state index contributed by atoms with van der Waals surface area (Å²) in [4.78, 5) is 32.3. The molecule has 0 fully saturated rings. The number of benzene rings is 3. The average Bonchev–Trinajstić information content (AvgIpc) is 3.24. The first-order valence-corrected chi connectivity index (χ1v) is 13.2. The summed E-state index contributed by atoms with van der Waals surface area (Å²) in [6.45, 7) is 4.22. The van der Waals surface area contributed by atoms with Crippen LogP contribution >= 0.6 is 11.3 Å². The van der Waals surface area contributed by atoms with Gasteiger partial charge in [-0.1, -0.05) is 72.9 Å². The summed E-state index contributed by atoms with van der Waals surface area (Å²) >= 11 is 1.29. The summed E-state index contributed by atoms with van der Waals surface area (Å²) in [5.74, 6) is 0.457. The fourth-order valence-corrected chi connectivity index (χ4v) is 5.81. The van der Waals surface area contributed by atoms with Crippen molar-refractivity contribution >= 4 is 34.2 Å². The Hall–Kier alpha value is -4.17. The Morgan fingerprint density at radius 1 is 1.08 bits per heavy atom. The van der Waals surface area contributed by atoms with Gasteiger partial charge in [0.2, 0.25) is 0 Å². The lowest BCUT2D eigenvalue weighted by atomic mass is 9.94. The van der Waals surface area contributed by atoms with Crippen LogP contribution in [0.3, 0.4) is 0 Å². The summed E-state index contributed by atoms with van der Waals surface area (Å²) < 4.78 is 18.9. The molecule has 1 aliphatic rings. The normalized spacial score (nSPS) is 15.3. The van der Waals surface area contributed by atoms with Crippen LogP contribution in [-0.4, -0.2) is 31.4 Å². The molecule has 0 radical (unpaired) electrons. The van der Waals surface area contributed by atoms with Crippen LogP contribution in [0, 0.1) is 0 Å². The molecule has 1 atom stereocenters. The van der Waals surface area contributed by atoms with Crippen LogP contribution in [-0.2, 0) is 9.53 Å². The summed E-state index contributed by atoms with van der Waals surface area (Å²) in [6.07, 6.45) is 2.67. The van der Waals surface area contributed by atoms with E-state index >= 15 is 0 Å². The molecular formula is C30H28N2O5S. The maximum Gasteiger partial charge on any atom is 0.338 e. The minimum atomic E-state index is -0.796. The number of fused-ring (bicyclic) bond motifs is 2. The molecule has 7 nitrogen and oxygen atoms in total. The van der Waals surface area contributed by atoms with Crippen molar-refractivity contribution in [2.45, 2.75) is 26.3 Å². The van der Waals surface area contributed by atoms with Crippen molar-refractivity contribution in [3.8, 4) is 11.5 Å². The molecule has 38 heavy (non-hydrogen) atoms. The maximum atomic E-state index is 14.0. The van der Waals surface area contributed by atoms with Crippen LogP contribution in [0.25, 0.3) is 16.8 Å². The third-order valence-corrected chi connectivity index (χ3v) is 7.49. The Labute approximate surface area is 223 Å². The number of rotatable bonds is 7. The van der Waals surface area contributed by atoms with Gasteiger partial charge in [0.15, 0.2) is 16.3 Å². The Kier molecular flexibility index (Phi) is 7.15. The lowest BCUT2D eigenvalue weighted by molar-refractivity contribution is -0.136. The predicted octanol–water partition coefficient (Wildman–Crippen LogP) is 4.36. The first kappa shape index (κ1) is 25.5. The molecule has 0 aliphatic carbocycles. The fraction of sp³-hybridized carbons (Fsp3) is 0.233. The van der Waals surface area contributed by atoms with E-state index in [0.717, 1.165) is 22.8 Å². The molecule has 0 saturated heterocycles. The minimum absolute atomic E-state index is 0.246. The standard InChI is InChI=1S/C30H28N2O5S/c1-5-16-37-27-22(14-9-15-23(27)35-3)26-25(29(34)36-4)18(2)31-30-32(26)28(33)24(38-30)17-20-12-8-11-19-10-6-7-13-21(19)20/h6-15,17,26H,5,16H2,1-4H3/b24-17+/t26-/m0/s1. The molecule has 0 spiro atoms. The fourth-order valence-electron chi connectivity index (χ4n) is 4.77. The highest BCUT2D eigenvalue weighted by Gasteiger charge is 2.35. The number of para-hydroxylation sites is 1. The molecule has 8 heteroatoms. The molecule has 2 heterocycles. The number of methoxy groups -OCH3 is 2. The second-order valence-electron chi connectivity index (χ2n) is 8.87. The maximum absolute atomic E-state index is 14.0. The number of esters is 1. The highest BCUT2D eigenvalue weighted by Crippen LogP contribution is 2.40. The molecule has 0 unspecified atom stereocenters. The van der Waals surface area contributed by atoms with E-state index in [-0.39, 0.29) is 11.1 Å². The zero-order valence-corrected chi connectivity index (χ0v) is 22.5. The van der Waals surface area contributed by atoms with Gasteiger partial charge in [0, 0.05) is 5.56 Å². The van der Waals surface area contributed by atoms with Crippen molar-refractivity contribution in [3.63, 3.8) is 0 Å². The van der Waals surface area contributed by atoms with Crippen LogP contribution in [0.1, 0.15) is 37.4 Å². The molecule has 3 aromatic carbocycles.